The Balaban J connectivity index is 1.71. The fraction of sp³-hybridized carbons (Fsp3) is 0.0500. The van der Waals surface area contributed by atoms with Crippen molar-refractivity contribution in [3.8, 4) is 0 Å². The lowest BCUT2D eigenvalue weighted by Gasteiger charge is -2.11. The largest absolute Gasteiger partial charge is 0.326 e. The highest BCUT2D eigenvalue weighted by Crippen LogP contribution is 2.25. The molecule has 30 heavy (non-hydrogen) atoms. The van der Waals surface area contributed by atoms with Gasteiger partial charge in [-0.1, -0.05) is 41.9 Å². The van der Waals surface area contributed by atoms with Crippen molar-refractivity contribution in [3.05, 3.63) is 93.5 Å². The minimum Gasteiger partial charge on any atom is -0.326 e. The third-order valence-corrected chi connectivity index (χ3v) is 5.75. The third-order valence-electron chi connectivity index (χ3n) is 4.06. The highest BCUT2D eigenvalue weighted by atomic mass is 35.5. The molecule has 0 spiro atoms. The van der Waals surface area contributed by atoms with Gasteiger partial charge in [0.25, 0.3) is 15.7 Å². The fourth-order valence-electron chi connectivity index (χ4n) is 2.61. The molecular formula is C20H16ClN3O5S. The molecule has 0 aliphatic rings. The van der Waals surface area contributed by atoms with E-state index in [4.69, 9.17) is 11.6 Å². The van der Waals surface area contributed by atoms with Gasteiger partial charge >= 0.3 is 0 Å². The number of nitrogens with one attached hydrogen (secondary N) is 2. The number of nitrogens with zero attached hydrogens (tertiary/aromatic N) is 1. The summed E-state index contributed by atoms with van der Waals surface area (Å²) in [6.07, 6.45) is -0.0210. The van der Waals surface area contributed by atoms with E-state index in [9.17, 15) is 23.3 Å². The highest BCUT2D eigenvalue weighted by Gasteiger charge is 2.17. The van der Waals surface area contributed by atoms with Gasteiger partial charge in [0.15, 0.2) is 0 Å². The van der Waals surface area contributed by atoms with Crippen molar-refractivity contribution in [2.45, 2.75) is 11.3 Å². The average Bonchev–Trinajstić information content (AvgIpc) is 2.70. The van der Waals surface area contributed by atoms with Gasteiger partial charge < -0.3 is 5.32 Å². The number of hydrogen-bond donors (Lipinski definition) is 2. The third kappa shape index (κ3) is 5.34. The van der Waals surface area contributed by atoms with Crippen LogP contribution in [0.2, 0.25) is 5.02 Å². The van der Waals surface area contributed by atoms with Crippen LogP contribution >= 0.6 is 11.6 Å². The number of nitro groups is 1. The molecule has 8 nitrogen and oxygen atoms in total. The van der Waals surface area contributed by atoms with E-state index in [1.165, 1.54) is 48.5 Å². The first-order chi connectivity index (χ1) is 14.2. The maximum Gasteiger partial charge on any atom is 0.269 e. The number of amides is 1. The summed E-state index contributed by atoms with van der Waals surface area (Å²) in [6.45, 7) is 0. The molecule has 0 fully saturated rings. The van der Waals surface area contributed by atoms with Gasteiger partial charge in [0, 0.05) is 17.8 Å². The molecule has 0 saturated heterocycles. The molecule has 0 aliphatic heterocycles. The normalized spacial score (nSPS) is 11.0. The maximum absolute atomic E-state index is 12.6. The number of para-hydroxylation sites is 1. The Bertz CT molecular complexity index is 1200. The van der Waals surface area contributed by atoms with Crippen LogP contribution in [-0.2, 0) is 21.2 Å². The molecule has 3 rings (SSSR count). The predicted molar refractivity (Wildman–Crippen MR) is 114 cm³/mol. The first-order valence-corrected chi connectivity index (χ1v) is 10.5. The lowest BCUT2D eigenvalue weighted by Crippen LogP contribution is -2.16. The smallest absolute Gasteiger partial charge is 0.269 e. The second-order valence-corrected chi connectivity index (χ2v) is 8.35. The minimum atomic E-state index is -3.92. The zero-order valence-electron chi connectivity index (χ0n) is 15.4. The van der Waals surface area contributed by atoms with Crippen molar-refractivity contribution in [1.82, 2.24) is 0 Å². The number of anilines is 2. The Morgan fingerprint density at radius 3 is 2.37 bits per heavy atom. The van der Waals surface area contributed by atoms with Crippen molar-refractivity contribution in [2.75, 3.05) is 10.0 Å². The summed E-state index contributed by atoms with van der Waals surface area (Å²) < 4.78 is 27.7. The van der Waals surface area contributed by atoms with Gasteiger partial charge in [0.2, 0.25) is 5.91 Å². The molecule has 3 aromatic rings. The van der Waals surface area contributed by atoms with E-state index in [1.54, 1.807) is 24.3 Å². The summed E-state index contributed by atoms with van der Waals surface area (Å²) in [7, 11) is -3.92. The Kier molecular flexibility index (Phi) is 6.34. The molecule has 10 heteroatoms. The summed E-state index contributed by atoms with van der Waals surface area (Å²) in [6, 6.07) is 17.8. The van der Waals surface area contributed by atoms with Crippen molar-refractivity contribution in [3.63, 3.8) is 0 Å². The number of carbonyl (C=O) groups is 1. The summed E-state index contributed by atoms with van der Waals surface area (Å²) in [5.41, 5.74) is 1.06. The standard InChI is InChI=1S/C20H16ClN3O5S/c21-18-6-1-2-7-19(18)23-30(28,29)17-5-3-4-15(13-17)22-20(25)12-14-8-10-16(11-9-14)24(26)27/h1-11,13,23H,12H2,(H,22,25). The Morgan fingerprint density at radius 2 is 1.70 bits per heavy atom. The van der Waals surface area contributed by atoms with Crippen LogP contribution in [0.25, 0.3) is 0 Å². The van der Waals surface area contributed by atoms with Crippen LogP contribution in [0.3, 0.4) is 0 Å². The van der Waals surface area contributed by atoms with E-state index in [-0.39, 0.29) is 27.7 Å². The van der Waals surface area contributed by atoms with E-state index >= 15 is 0 Å². The van der Waals surface area contributed by atoms with Crippen molar-refractivity contribution in [2.24, 2.45) is 0 Å². The number of carbonyl (C=O) groups excluding carboxylic acids is 1. The maximum atomic E-state index is 12.6. The highest BCUT2D eigenvalue weighted by molar-refractivity contribution is 7.92. The molecule has 0 aromatic heterocycles. The molecule has 0 aliphatic carbocycles. The first-order valence-electron chi connectivity index (χ1n) is 8.65. The van der Waals surface area contributed by atoms with Crippen molar-refractivity contribution < 1.29 is 18.1 Å². The second kappa shape index (κ2) is 8.93. The van der Waals surface area contributed by atoms with Crippen LogP contribution in [0.5, 0.6) is 0 Å². The quantitative estimate of drug-likeness (QED) is 0.416. The van der Waals surface area contributed by atoms with Gasteiger partial charge in [-0.2, -0.15) is 0 Å². The molecule has 0 saturated carbocycles. The number of rotatable bonds is 7. The van der Waals surface area contributed by atoms with E-state index in [0.717, 1.165) is 0 Å². The van der Waals surface area contributed by atoms with Crippen LogP contribution in [0, 0.1) is 10.1 Å². The van der Waals surface area contributed by atoms with Gasteiger partial charge in [0.1, 0.15) is 0 Å². The zero-order valence-corrected chi connectivity index (χ0v) is 17.0. The van der Waals surface area contributed by atoms with Crippen molar-refractivity contribution >= 4 is 44.6 Å². The van der Waals surface area contributed by atoms with Gasteiger partial charge in [-0.3, -0.25) is 19.6 Å². The van der Waals surface area contributed by atoms with Crippen LogP contribution in [0.1, 0.15) is 5.56 Å². The number of halogens is 1. The van der Waals surface area contributed by atoms with Crippen LogP contribution in [0.15, 0.2) is 77.7 Å². The Morgan fingerprint density at radius 1 is 1.00 bits per heavy atom. The van der Waals surface area contributed by atoms with Gasteiger partial charge in [-0.15, -0.1) is 0 Å². The van der Waals surface area contributed by atoms with Gasteiger partial charge in [-0.05, 0) is 35.9 Å². The van der Waals surface area contributed by atoms with Crippen LogP contribution in [-0.4, -0.2) is 19.2 Å². The molecule has 2 N–H and O–H groups in total. The minimum absolute atomic E-state index is 0.0210. The Labute approximate surface area is 177 Å². The number of sulfonamides is 1. The fourth-order valence-corrected chi connectivity index (χ4v) is 3.98. The molecule has 0 atom stereocenters. The Hall–Kier alpha value is -3.43. The van der Waals surface area contributed by atoms with Gasteiger partial charge in [-0.25, -0.2) is 8.42 Å². The SMILES string of the molecule is O=C(Cc1ccc([N+](=O)[O-])cc1)Nc1cccc(S(=O)(=O)Nc2ccccc2Cl)c1. The number of hydrogen-bond acceptors (Lipinski definition) is 5. The molecule has 0 unspecified atom stereocenters. The van der Waals surface area contributed by atoms with E-state index < -0.39 is 20.9 Å². The molecule has 0 heterocycles. The van der Waals surface area contributed by atoms with E-state index in [2.05, 4.69) is 10.0 Å². The van der Waals surface area contributed by atoms with E-state index in [1.807, 2.05) is 0 Å². The molecule has 3 aromatic carbocycles. The monoisotopic (exact) mass is 445 g/mol. The summed E-state index contributed by atoms with van der Waals surface area (Å²) in [4.78, 5) is 22.4. The predicted octanol–water partition coefficient (Wildman–Crippen LogP) is 4.23. The topological polar surface area (TPSA) is 118 Å². The summed E-state index contributed by atoms with van der Waals surface area (Å²) in [5.74, 6) is -0.391. The van der Waals surface area contributed by atoms with Gasteiger partial charge in [0.05, 0.1) is 26.9 Å². The first kappa shape index (κ1) is 21.3. The second-order valence-electron chi connectivity index (χ2n) is 6.26. The lowest BCUT2D eigenvalue weighted by atomic mass is 10.1. The lowest BCUT2D eigenvalue weighted by molar-refractivity contribution is -0.384. The van der Waals surface area contributed by atoms with Crippen molar-refractivity contribution in [1.29, 1.82) is 0 Å². The zero-order chi connectivity index (χ0) is 21.7. The molecule has 154 valence electrons. The molecule has 0 radical (unpaired) electrons. The summed E-state index contributed by atoms with van der Waals surface area (Å²) >= 11 is 6.00. The number of non-ortho nitro benzene ring substituents is 1. The van der Waals surface area contributed by atoms with Crippen LogP contribution < -0.4 is 10.0 Å². The van der Waals surface area contributed by atoms with E-state index in [0.29, 0.717) is 11.3 Å². The summed E-state index contributed by atoms with van der Waals surface area (Å²) in [5, 5.41) is 13.6. The molecular weight excluding hydrogens is 430 g/mol. The van der Waals surface area contributed by atoms with Crippen LogP contribution in [0.4, 0.5) is 17.1 Å². The number of benzene rings is 3. The average molecular weight is 446 g/mol. The number of nitro benzene ring substituents is 1. The molecule has 0 bridgehead atoms. The molecule has 1 amide bonds.